The molecule has 0 fully saturated rings. The van der Waals surface area contributed by atoms with E-state index < -0.39 is 5.97 Å². The molecule has 2 aromatic rings. The number of amides is 1. The summed E-state index contributed by atoms with van der Waals surface area (Å²) in [6.45, 7) is 3.93. The third-order valence-corrected chi connectivity index (χ3v) is 5.41. The Bertz CT molecular complexity index is 882. The van der Waals surface area contributed by atoms with Crippen molar-refractivity contribution in [3.63, 3.8) is 0 Å². The molecule has 0 saturated heterocycles. The normalized spacial score (nSPS) is 10.7. The van der Waals surface area contributed by atoms with Crippen molar-refractivity contribution in [2.75, 3.05) is 32.6 Å². The average Bonchev–Trinajstić information content (AvgIpc) is 2.78. The van der Waals surface area contributed by atoms with Gasteiger partial charge in [-0.1, -0.05) is 50.1 Å². The summed E-state index contributed by atoms with van der Waals surface area (Å²) in [5.41, 5.74) is 5.10. The number of carboxylic acid groups (broad SMARTS) is 1. The molecule has 0 radical (unpaired) electrons. The van der Waals surface area contributed by atoms with Crippen LogP contribution in [0.1, 0.15) is 50.2 Å². The van der Waals surface area contributed by atoms with E-state index in [2.05, 4.69) is 24.4 Å². The van der Waals surface area contributed by atoms with E-state index in [4.69, 9.17) is 9.84 Å². The third kappa shape index (κ3) is 8.35. The predicted octanol–water partition coefficient (Wildman–Crippen LogP) is 4.97. The van der Waals surface area contributed by atoms with E-state index in [0.29, 0.717) is 32.5 Å². The summed E-state index contributed by atoms with van der Waals surface area (Å²) in [6, 6.07) is 14.3. The number of hydrogen-bond donors (Lipinski definition) is 2. The van der Waals surface area contributed by atoms with Gasteiger partial charge in [-0.15, -0.1) is 0 Å². The highest BCUT2D eigenvalue weighted by molar-refractivity contribution is 5.79. The highest BCUT2D eigenvalue weighted by atomic mass is 16.5. The summed E-state index contributed by atoms with van der Waals surface area (Å²) in [7, 11) is 3.52. The largest absolute Gasteiger partial charge is 0.481 e. The molecule has 0 heterocycles. The zero-order valence-electron chi connectivity index (χ0n) is 19.5. The van der Waals surface area contributed by atoms with Crippen LogP contribution in [0.2, 0.25) is 0 Å². The number of nitrogens with zero attached hydrogens (tertiary/aromatic N) is 1. The average molecular weight is 441 g/mol. The van der Waals surface area contributed by atoms with Gasteiger partial charge in [-0.05, 0) is 41.7 Å². The third-order valence-electron chi connectivity index (χ3n) is 5.41. The van der Waals surface area contributed by atoms with Crippen LogP contribution in [-0.2, 0) is 27.3 Å². The van der Waals surface area contributed by atoms with Crippen LogP contribution >= 0.6 is 0 Å². The predicted molar refractivity (Wildman–Crippen MR) is 129 cm³/mol. The maximum atomic E-state index is 12.4. The molecule has 0 bridgehead atoms. The van der Waals surface area contributed by atoms with Gasteiger partial charge in [-0.2, -0.15) is 0 Å². The fourth-order valence-electron chi connectivity index (χ4n) is 3.60. The minimum absolute atomic E-state index is 0.102. The number of carbonyl (C=O) groups is 2. The van der Waals surface area contributed by atoms with Gasteiger partial charge in [-0.3, -0.25) is 9.59 Å². The Hall–Kier alpha value is -2.86. The minimum atomic E-state index is -0.802. The zero-order chi connectivity index (χ0) is 23.3. The molecule has 0 aliphatic rings. The van der Waals surface area contributed by atoms with Gasteiger partial charge in [0.2, 0.25) is 5.91 Å². The molecule has 6 heteroatoms. The standard InChI is InChI=1S/C26H36N2O4/c1-4-5-6-10-25(29)28(2)19-21-8-7-9-22(17-21)23-13-11-20(12-14-26(30)31)18-24(23)27-15-16-32-3/h7-9,11,13,17-18,27H,4-6,10,12,14-16,19H2,1-3H3,(H,30,31). The first-order chi connectivity index (χ1) is 15.4. The summed E-state index contributed by atoms with van der Waals surface area (Å²) in [5, 5.41) is 12.4. The number of unbranched alkanes of at least 4 members (excludes halogenated alkanes) is 2. The lowest BCUT2D eigenvalue weighted by Gasteiger charge is -2.19. The van der Waals surface area contributed by atoms with Gasteiger partial charge in [0, 0.05) is 51.3 Å². The number of ether oxygens (including phenoxy) is 1. The van der Waals surface area contributed by atoms with Gasteiger partial charge in [0.1, 0.15) is 0 Å². The number of aliphatic carboxylic acids is 1. The second kappa shape index (κ2) is 13.5. The van der Waals surface area contributed by atoms with Crippen molar-refractivity contribution in [1.29, 1.82) is 0 Å². The van der Waals surface area contributed by atoms with Crippen LogP contribution in [-0.4, -0.2) is 49.2 Å². The van der Waals surface area contributed by atoms with E-state index in [1.165, 1.54) is 0 Å². The highest BCUT2D eigenvalue weighted by Gasteiger charge is 2.12. The lowest BCUT2D eigenvalue weighted by atomic mass is 9.98. The molecule has 0 unspecified atom stereocenters. The van der Waals surface area contributed by atoms with E-state index in [1.54, 1.807) is 12.0 Å². The van der Waals surface area contributed by atoms with E-state index in [-0.39, 0.29) is 12.3 Å². The molecule has 0 atom stereocenters. The number of hydrogen-bond acceptors (Lipinski definition) is 4. The fraction of sp³-hybridized carbons (Fsp3) is 0.462. The number of rotatable bonds is 14. The van der Waals surface area contributed by atoms with Gasteiger partial charge >= 0.3 is 5.97 Å². The summed E-state index contributed by atoms with van der Waals surface area (Å²) < 4.78 is 5.16. The lowest BCUT2D eigenvalue weighted by molar-refractivity contribution is -0.137. The molecule has 2 rings (SSSR count). The van der Waals surface area contributed by atoms with Crippen LogP contribution in [0.25, 0.3) is 11.1 Å². The van der Waals surface area contributed by atoms with Crippen LogP contribution in [0, 0.1) is 0 Å². The molecule has 0 aliphatic carbocycles. The number of benzene rings is 2. The van der Waals surface area contributed by atoms with Crippen molar-refractivity contribution in [3.05, 3.63) is 53.6 Å². The van der Waals surface area contributed by atoms with E-state index in [9.17, 15) is 9.59 Å². The number of carbonyl (C=O) groups excluding carboxylic acids is 1. The van der Waals surface area contributed by atoms with Crippen molar-refractivity contribution in [2.24, 2.45) is 0 Å². The van der Waals surface area contributed by atoms with Crippen molar-refractivity contribution in [1.82, 2.24) is 4.90 Å². The maximum absolute atomic E-state index is 12.4. The van der Waals surface area contributed by atoms with Crippen LogP contribution < -0.4 is 5.32 Å². The van der Waals surface area contributed by atoms with Crippen molar-refractivity contribution >= 4 is 17.6 Å². The van der Waals surface area contributed by atoms with Gasteiger partial charge in [0.05, 0.1) is 6.61 Å². The summed E-state index contributed by atoms with van der Waals surface area (Å²) in [4.78, 5) is 25.1. The van der Waals surface area contributed by atoms with E-state index in [0.717, 1.165) is 47.2 Å². The van der Waals surface area contributed by atoms with Crippen molar-refractivity contribution in [2.45, 2.75) is 52.0 Å². The molecule has 0 saturated carbocycles. The number of anilines is 1. The number of carboxylic acids is 1. The second-order valence-electron chi connectivity index (χ2n) is 8.10. The molecular weight excluding hydrogens is 404 g/mol. The number of methoxy groups -OCH3 is 1. The van der Waals surface area contributed by atoms with E-state index >= 15 is 0 Å². The van der Waals surface area contributed by atoms with Crippen LogP contribution in [0.4, 0.5) is 5.69 Å². The van der Waals surface area contributed by atoms with Crippen molar-refractivity contribution < 1.29 is 19.4 Å². The first-order valence-corrected chi connectivity index (χ1v) is 11.4. The van der Waals surface area contributed by atoms with Crippen LogP contribution in [0.5, 0.6) is 0 Å². The lowest BCUT2D eigenvalue weighted by Crippen LogP contribution is -2.25. The van der Waals surface area contributed by atoms with Gasteiger partial charge in [-0.25, -0.2) is 0 Å². The molecule has 0 aromatic heterocycles. The Morgan fingerprint density at radius 1 is 1.06 bits per heavy atom. The Labute approximate surface area is 191 Å². The van der Waals surface area contributed by atoms with Gasteiger partial charge in [0.25, 0.3) is 0 Å². The molecule has 2 aromatic carbocycles. The summed E-state index contributed by atoms with van der Waals surface area (Å²) in [6.07, 6.45) is 4.30. The molecule has 0 spiro atoms. The first-order valence-electron chi connectivity index (χ1n) is 11.4. The van der Waals surface area contributed by atoms with Crippen molar-refractivity contribution in [3.8, 4) is 11.1 Å². The zero-order valence-corrected chi connectivity index (χ0v) is 19.5. The quantitative estimate of drug-likeness (QED) is 0.406. The van der Waals surface area contributed by atoms with Crippen LogP contribution in [0.3, 0.4) is 0 Å². The monoisotopic (exact) mass is 440 g/mol. The Morgan fingerprint density at radius 2 is 1.88 bits per heavy atom. The SMILES string of the molecule is CCCCCC(=O)N(C)Cc1cccc(-c2ccc(CCC(=O)O)cc2NCCOC)c1. The van der Waals surface area contributed by atoms with Crippen LogP contribution in [0.15, 0.2) is 42.5 Å². The minimum Gasteiger partial charge on any atom is -0.481 e. The maximum Gasteiger partial charge on any atom is 0.303 e. The molecule has 174 valence electrons. The molecule has 6 nitrogen and oxygen atoms in total. The summed E-state index contributed by atoms with van der Waals surface area (Å²) >= 11 is 0. The summed E-state index contributed by atoms with van der Waals surface area (Å²) in [5.74, 6) is -0.627. The molecule has 1 amide bonds. The number of aryl methyl sites for hydroxylation is 1. The smallest absolute Gasteiger partial charge is 0.303 e. The molecular formula is C26H36N2O4. The van der Waals surface area contributed by atoms with Gasteiger partial charge < -0.3 is 20.1 Å². The molecule has 2 N–H and O–H groups in total. The number of nitrogens with one attached hydrogen (secondary N) is 1. The highest BCUT2D eigenvalue weighted by Crippen LogP contribution is 2.30. The fourth-order valence-corrected chi connectivity index (χ4v) is 3.60. The second-order valence-corrected chi connectivity index (χ2v) is 8.10. The molecule has 32 heavy (non-hydrogen) atoms. The van der Waals surface area contributed by atoms with Gasteiger partial charge in [0.15, 0.2) is 0 Å². The van der Waals surface area contributed by atoms with E-state index in [1.807, 2.05) is 37.4 Å². The first kappa shape index (κ1) is 25.4. The topological polar surface area (TPSA) is 78.9 Å². The Balaban J connectivity index is 2.20. The Morgan fingerprint density at radius 3 is 2.59 bits per heavy atom. The molecule has 0 aliphatic heterocycles. The Kier molecular flexibility index (Phi) is 10.7.